The molecule has 47 heavy (non-hydrogen) atoms. The van der Waals surface area contributed by atoms with E-state index in [-0.39, 0.29) is 49.5 Å². The molecular formula is C29H34N5O13+. The molecule has 3 aromatic rings. The fraction of sp³-hybridized carbons (Fsp3) is 0.483. The van der Waals surface area contributed by atoms with Crippen molar-refractivity contribution in [2.45, 2.75) is 58.3 Å². The molecule has 0 amide bonds. The average Bonchev–Trinajstić information content (AvgIpc) is 3.58. The predicted octanol–water partition coefficient (Wildman–Crippen LogP) is -1.16. The van der Waals surface area contributed by atoms with Crippen LogP contribution in [0.2, 0.25) is 0 Å². The van der Waals surface area contributed by atoms with Gasteiger partial charge in [-0.1, -0.05) is 0 Å². The molecule has 0 N–H and O–H groups in total. The summed E-state index contributed by atoms with van der Waals surface area (Å²) in [6, 6.07) is 3.00. The number of pyridine rings is 1. The second-order valence-corrected chi connectivity index (χ2v) is 10.5. The van der Waals surface area contributed by atoms with Crippen LogP contribution in [-0.2, 0) is 68.2 Å². The van der Waals surface area contributed by atoms with Crippen molar-refractivity contribution in [1.29, 1.82) is 0 Å². The maximum Gasteiger partial charge on any atom is 0.344 e. The number of rotatable bonds is 12. The summed E-state index contributed by atoms with van der Waals surface area (Å²) in [7, 11) is 2.78. The number of aryl methyl sites for hydroxylation is 1. The fourth-order valence-electron chi connectivity index (χ4n) is 4.90. The molecule has 4 rings (SSSR count). The van der Waals surface area contributed by atoms with Crippen LogP contribution < -0.4 is 15.8 Å². The van der Waals surface area contributed by atoms with Crippen LogP contribution in [0.5, 0.6) is 0 Å². The van der Waals surface area contributed by atoms with Gasteiger partial charge in [-0.05, 0) is 6.07 Å². The number of imidazole rings is 1. The highest BCUT2D eigenvalue weighted by Gasteiger charge is 2.54. The predicted molar refractivity (Wildman–Crippen MR) is 154 cm³/mol. The first-order valence-corrected chi connectivity index (χ1v) is 14.4. The molecule has 1 aliphatic heterocycles. The molecule has 0 radical (unpaired) electrons. The van der Waals surface area contributed by atoms with E-state index in [0.717, 1.165) is 4.57 Å². The molecule has 0 bridgehead atoms. The second kappa shape index (κ2) is 14.8. The first-order valence-electron chi connectivity index (χ1n) is 14.4. The summed E-state index contributed by atoms with van der Waals surface area (Å²) in [4.78, 5) is 89.0. The van der Waals surface area contributed by atoms with E-state index in [0.29, 0.717) is 0 Å². The van der Waals surface area contributed by atoms with Crippen LogP contribution in [0.25, 0.3) is 11.2 Å². The van der Waals surface area contributed by atoms with E-state index in [1.807, 2.05) is 0 Å². The molecule has 0 unspecified atom stereocenters. The monoisotopic (exact) mass is 660 g/mol. The van der Waals surface area contributed by atoms with Gasteiger partial charge in [-0.25, -0.2) is 14.6 Å². The van der Waals surface area contributed by atoms with Gasteiger partial charge in [0.25, 0.3) is 5.56 Å². The first-order chi connectivity index (χ1) is 22.3. The van der Waals surface area contributed by atoms with Gasteiger partial charge >= 0.3 is 41.8 Å². The molecule has 1 fully saturated rings. The number of esters is 5. The van der Waals surface area contributed by atoms with E-state index in [4.69, 9.17) is 28.4 Å². The van der Waals surface area contributed by atoms with Crippen LogP contribution >= 0.6 is 0 Å². The minimum absolute atomic E-state index is 0.0737. The Kier molecular flexibility index (Phi) is 10.9. The molecule has 0 saturated carbocycles. The zero-order chi connectivity index (χ0) is 34.4. The number of hydrogen-bond donors (Lipinski definition) is 0. The minimum atomic E-state index is -1.14. The number of aromatic nitrogens is 5. The van der Waals surface area contributed by atoms with Gasteiger partial charge < -0.3 is 33.0 Å². The van der Waals surface area contributed by atoms with Crippen molar-refractivity contribution in [1.82, 2.24) is 18.7 Å². The summed E-state index contributed by atoms with van der Waals surface area (Å²) in [5.41, 5.74) is -0.844. The Bertz CT molecular complexity index is 1810. The van der Waals surface area contributed by atoms with Crippen molar-refractivity contribution >= 4 is 41.0 Å². The van der Waals surface area contributed by atoms with Gasteiger partial charge in [-0.2, -0.15) is 4.57 Å². The van der Waals surface area contributed by atoms with Gasteiger partial charge in [0.15, 0.2) is 29.7 Å². The fourth-order valence-corrected chi connectivity index (χ4v) is 4.90. The molecule has 0 aromatic carbocycles. The molecule has 252 valence electrons. The molecule has 0 aliphatic carbocycles. The zero-order valence-electron chi connectivity index (χ0n) is 26.3. The summed E-state index contributed by atoms with van der Waals surface area (Å²) >= 11 is 0. The molecule has 1 aliphatic rings. The van der Waals surface area contributed by atoms with Crippen molar-refractivity contribution in [3.05, 3.63) is 57.3 Å². The normalized spacial score (nSPS) is 18.8. The lowest BCUT2D eigenvalue weighted by molar-refractivity contribution is -0.765. The van der Waals surface area contributed by atoms with Gasteiger partial charge in [-0.3, -0.25) is 33.1 Å². The van der Waals surface area contributed by atoms with E-state index in [2.05, 4.69) is 4.98 Å². The maximum absolute atomic E-state index is 12.8. The summed E-state index contributed by atoms with van der Waals surface area (Å²) < 4.78 is 37.1. The van der Waals surface area contributed by atoms with Crippen LogP contribution in [0.3, 0.4) is 0 Å². The molecule has 3 aromatic heterocycles. The number of fused-ring (bicyclic) bond motifs is 1. The summed E-state index contributed by atoms with van der Waals surface area (Å²) in [6.07, 6.45) is 0.0582. The van der Waals surface area contributed by atoms with Crippen LogP contribution in [0.4, 0.5) is 0 Å². The number of ether oxygens (including phenoxy) is 6. The SMILES string of the molecule is CC(=O)OC[C@H]1O[C@@H]([n+]2cccc(C(=O)OCCCOC(=O)Cn3cnc4c3c(=O)n(C)c(=O)n4C)c2)[C@H](OC(C)=O)[C@@H]1OC(C)=O. The van der Waals surface area contributed by atoms with E-state index in [1.165, 1.54) is 79.4 Å². The van der Waals surface area contributed by atoms with E-state index in [1.54, 1.807) is 0 Å². The highest BCUT2D eigenvalue weighted by molar-refractivity contribution is 5.88. The quantitative estimate of drug-likeness (QED) is 0.0972. The highest BCUT2D eigenvalue weighted by atomic mass is 16.7. The van der Waals surface area contributed by atoms with Gasteiger partial charge in [0.1, 0.15) is 24.8 Å². The van der Waals surface area contributed by atoms with Crippen LogP contribution in [0, 0.1) is 0 Å². The van der Waals surface area contributed by atoms with Crippen LogP contribution in [0.1, 0.15) is 43.8 Å². The molecule has 1 saturated heterocycles. The first kappa shape index (κ1) is 34.5. The molecule has 18 nitrogen and oxygen atoms in total. The van der Waals surface area contributed by atoms with Crippen molar-refractivity contribution in [2.75, 3.05) is 19.8 Å². The minimum Gasteiger partial charge on any atom is -0.464 e. The van der Waals surface area contributed by atoms with Crippen molar-refractivity contribution in [3.8, 4) is 0 Å². The number of nitrogens with zero attached hydrogens (tertiary/aromatic N) is 5. The third-order valence-electron chi connectivity index (χ3n) is 6.99. The topological polar surface area (TPSA) is 206 Å². The Morgan fingerprint density at radius 2 is 1.60 bits per heavy atom. The lowest BCUT2D eigenvalue weighted by atomic mass is 10.1. The third kappa shape index (κ3) is 8.07. The number of carbonyl (C=O) groups excluding carboxylic acids is 5. The van der Waals surface area contributed by atoms with E-state index < -0.39 is 65.6 Å². The summed E-state index contributed by atoms with van der Waals surface area (Å²) in [6.45, 7) is 2.73. The van der Waals surface area contributed by atoms with E-state index in [9.17, 15) is 33.6 Å². The zero-order valence-corrected chi connectivity index (χ0v) is 26.3. The smallest absolute Gasteiger partial charge is 0.344 e. The Balaban J connectivity index is 1.34. The van der Waals surface area contributed by atoms with Gasteiger partial charge in [0.05, 0.1) is 19.5 Å². The van der Waals surface area contributed by atoms with Gasteiger partial charge in [0.2, 0.25) is 6.10 Å². The Morgan fingerprint density at radius 1 is 0.915 bits per heavy atom. The lowest BCUT2D eigenvalue weighted by Gasteiger charge is -2.21. The third-order valence-corrected chi connectivity index (χ3v) is 6.99. The average molecular weight is 661 g/mol. The highest BCUT2D eigenvalue weighted by Crippen LogP contribution is 2.31. The molecule has 4 atom stereocenters. The standard InChI is InChI=1S/C29H34N5O13/c1-16(35)44-14-20-23(45-17(2)36)24(46-18(3)37)27(47-20)33-9-6-8-19(12-33)28(40)43-11-7-10-42-21(38)13-34-15-30-25-22(34)26(39)32(5)29(41)31(25)4/h6,8-9,12,15,20,23-24,27H,7,10-11,13-14H2,1-5H3/q+1/t20-,23-,24-,27-/m1/s1. The van der Waals surface area contributed by atoms with Crippen molar-refractivity contribution in [3.63, 3.8) is 0 Å². The lowest BCUT2D eigenvalue weighted by Crippen LogP contribution is -2.48. The maximum atomic E-state index is 12.8. The Hall–Kier alpha value is -5.39. The summed E-state index contributed by atoms with van der Waals surface area (Å²) in [5, 5.41) is 0. The molecule has 0 spiro atoms. The number of carbonyl (C=O) groups is 5. The Morgan fingerprint density at radius 3 is 2.28 bits per heavy atom. The van der Waals surface area contributed by atoms with Crippen LogP contribution in [0.15, 0.2) is 40.4 Å². The van der Waals surface area contributed by atoms with Crippen LogP contribution in [-0.4, -0.2) is 86.7 Å². The molecular weight excluding hydrogens is 626 g/mol. The number of hydrogen-bond acceptors (Lipinski definition) is 14. The van der Waals surface area contributed by atoms with Gasteiger partial charge in [-0.15, -0.1) is 0 Å². The molecule has 18 heteroatoms. The Labute approximate surface area is 266 Å². The van der Waals surface area contributed by atoms with E-state index >= 15 is 0 Å². The largest absolute Gasteiger partial charge is 0.464 e. The van der Waals surface area contributed by atoms with Crippen molar-refractivity contribution < 1.29 is 57.0 Å². The molecule has 4 heterocycles. The summed E-state index contributed by atoms with van der Waals surface area (Å²) in [5.74, 6) is -3.34. The van der Waals surface area contributed by atoms with Gasteiger partial charge in [0, 0.05) is 47.4 Å². The second-order valence-electron chi connectivity index (χ2n) is 10.5. The van der Waals surface area contributed by atoms with Crippen molar-refractivity contribution in [2.24, 2.45) is 14.1 Å².